The van der Waals surface area contributed by atoms with Crippen molar-refractivity contribution in [2.45, 2.75) is 12.3 Å². The van der Waals surface area contributed by atoms with Gasteiger partial charge in [0.1, 0.15) is 17.3 Å². The van der Waals surface area contributed by atoms with Crippen LogP contribution in [0.3, 0.4) is 0 Å². The molecule has 0 radical (unpaired) electrons. The van der Waals surface area contributed by atoms with E-state index < -0.39 is 11.7 Å². The average molecular weight is 460 g/mol. The van der Waals surface area contributed by atoms with E-state index in [4.69, 9.17) is 21.1 Å². The zero-order valence-electron chi connectivity index (χ0n) is 16.9. The maximum absolute atomic E-state index is 14.5. The number of nitrogens with zero attached hydrogens (tertiary/aromatic N) is 3. The Morgan fingerprint density at radius 3 is 2.74 bits per heavy atom. The number of halogens is 2. The number of thioether (sulfide) groups is 1. The Labute approximate surface area is 188 Å². The Kier molecular flexibility index (Phi) is 5.99. The summed E-state index contributed by atoms with van der Waals surface area (Å²) in [6, 6.07) is 12.0. The summed E-state index contributed by atoms with van der Waals surface area (Å²) in [7, 11) is 3.15. The smallest absolute Gasteiger partial charge is 0.229 e. The first-order valence-electron chi connectivity index (χ1n) is 9.46. The zero-order valence-corrected chi connectivity index (χ0v) is 18.5. The summed E-state index contributed by atoms with van der Waals surface area (Å²) in [6.45, 7) is 0.257. The Morgan fingerprint density at radius 2 is 2.06 bits per heavy atom. The largest absolute Gasteiger partial charge is 0.497 e. The van der Waals surface area contributed by atoms with Gasteiger partial charge in [-0.25, -0.2) is 4.39 Å². The van der Waals surface area contributed by atoms with Gasteiger partial charge in [0.15, 0.2) is 0 Å². The average Bonchev–Trinajstić information content (AvgIpc) is 2.78. The van der Waals surface area contributed by atoms with Gasteiger partial charge in [0.2, 0.25) is 5.91 Å². The van der Waals surface area contributed by atoms with E-state index in [0.29, 0.717) is 28.0 Å². The number of rotatable bonds is 4. The van der Waals surface area contributed by atoms with Gasteiger partial charge >= 0.3 is 0 Å². The van der Waals surface area contributed by atoms with Gasteiger partial charge in [0.05, 0.1) is 49.1 Å². The van der Waals surface area contributed by atoms with Crippen molar-refractivity contribution in [3.8, 4) is 17.6 Å². The van der Waals surface area contributed by atoms with Crippen LogP contribution < -0.4 is 14.4 Å². The predicted molar refractivity (Wildman–Crippen MR) is 118 cm³/mol. The minimum atomic E-state index is -0.702. The number of fused-ring (bicyclic) bond motifs is 1. The maximum atomic E-state index is 14.5. The third-order valence-electron chi connectivity index (χ3n) is 5.37. The molecule has 2 aromatic rings. The lowest BCUT2D eigenvalue weighted by atomic mass is 9.86. The molecule has 4 rings (SSSR count). The molecule has 6 nitrogen and oxygen atoms in total. The monoisotopic (exact) mass is 459 g/mol. The van der Waals surface area contributed by atoms with Crippen molar-refractivity contribution in [2.75, 3.05) is 31.7 Å². The highest BCUT2D eigenvalue weighted by Crippen LogP contribution is 2.46. The molecule has 0 saturated carbocycles. The lowest BCUT2D eigenvalue weighted by Gasteiger charge is -2.42. The second-order valence-corrected chi connectivity index (χ2v) is 8.38. The highest BCUT2D eigenvalue weighted by molar-refractivity contribution is 8.03. The van der Waals surface area contributed by atoms with Crippen molar-refractivity contribution in [1.82, 2.24) is 4.90 Å². The Balaban J connectivity index is 1.70. The van der Waals surface area contributed by atoms with Crippen molar-refractivity contribution in [3.05, 3.63) is 63.4 Å². The van der Waals surface area contributed by atoms with Gasteiger partial charge in [-0.2, -0.15) is 5.26 Å². The van der Waals surface area contributed by atoms with Gasteiger partial charge in [-0.3, -0.25) is 9.69 Å². The summed E-state index contributed by atoms with van der Waals surface area (Å²) in [6.07, 6.45) is -0.0266. The van der Waals surface area contributed by atoms with Crippen LogP contribution in [-0.2, 0) is 4.79 Å². The van der Waals surface area contributed by atoms with Gasteiger partial charge in [-0.05, 0) is 24.3 Å². The van der Waals surface area contributed by atoms with E-state index in [2.05, 4.69) is 6.07 Å². The van der Waals surface area contributed by atoms with Gasteiger partial charge in [-0.1, -0.05) is 29.4 Å². The molecule has 9 heteroatoms. The molecule has 2 heterocycles. The summed E-state index contributed by atoms with van der Waals surface area (Å²) < 4.78 is 25.3. The van der Waals surface area contributed by atoms with E-state index in [-0.39, 0.29) is 29.6 Å². The van der Waals surface area contributed by atoms with Crippen LogP contribution in [0.4, 0.5) is 10.1 Å². The van der Waals surface area contributed by atoms with Crippen LogP contribution in [0, 0.1) is 17.1 Å². The van der Waals surface area contributed by atoms with Crippen molar-refractivity contribution in [3.63, 3.8) is 0 Å². The van der Waals surface area contributed by atoms with Crippen LogP contribution in [0.15, 0.2) is 47.0 Å². The molecule has 1 saturated heterocycles. The van der Waals surface area contributed by atoms with Gasteiger partial charge in [-0.15, -0.1) is 0 Å². The summed E-state index contributed by atoms with van der Waals surface area (Å²) in [4.78, 5) is 16.6. The number of amides is 1. The molecule has 160 valence electrons. The van der Waals surface area contributed by atoms with Crippen molar-refractivity contribution in [2.24, 2.45) is 0 Å². The fourth-order valence-electron chi connectivity index (χ4n) is 3.85. The molecule has 0 N–H and O–H groups in total. The summed E-state index contributed by atoms with van der Waals surface area (Å²) in [5, 5.41) is 10.6. The van der Waals surface area contributed by atoms with Crippen LogP contribution in [0.2, 0.25) is 5.02 Å². The predicted octanol–water partition coefficient (Wildman–Crippen LogP) is 4.72. The van der Waals surface area contributed by atoms with E-state index in [9.17, 15) is 14.4 Å². The maximum Gasteiger partial charge on any atom is 0.229 e. The molecule has 31 heavy (non-hydrogen) atoms. The minimum Gasteiger partial charge on any atom is -0.497 e. The third kappa shape index (κ3) is 3.80. The van der Waals surface area contributed by atoms with Gasteiger partial charge in [0, 0.05) is 29.0 Å². The number of nitriles is 1. The number of hydrogen-bond acceptors (Lipinski definition) is 6. The molecule has 1 atom stereocenters. The first kappa shape index (κ1) is 21.3. The van der Waals surface area contributed by atoms with E-state index >= 15 is 0 Å². The van der Waals surface area contributed by atoms with Gasteiger partial charge in [0.25, 0.3) is 0 Å². The fraction of sp³-hybridized carbons (Fsp3) is 0.273. The van der Waals surface area contributed by atoms with E-state index in [1.807, 2.05) is 17.0 Å². The summed E-state index contributed by atoms with van der Waals surface area (Å²) in [5.41, 5.74) is 1.36. The Hall–Kier alpha value is -2.89. The molecular weight excluding hydrogens is 441 g/mol. The summed E-state index contributed by atoms with van der Waals surface area (Å²) >= 11 is 7.59. The standard InChI is InChI=1S/C22H19ClFN3O3S/c1-29-13-6-7-18(19(8-13)30-2)26-11-27-20(28)9-14(15(10-25)22(27)31-12-26)21-16(23)4-3-5-17(21)24/h3-8,14H,9,11-12H2,1-2H3. The topological polar surface area (TPSA) is 65.8 Å². The van der Waals surface area contributed by atoms with Gasteiger partial charge < -0.3 is 14.4 Å². The fourth-order valence-corrected chi connectivity index (χ4v) is 5.30. The highest BCUT2D eigenvalue weighted by Gasteiger charge is 2.40. The molecule has 1 unspecified atom stereocenters. The number of methoxy groups -OCH3 is 2. The van der Waals surface area contributed by atoms with Crippen LogP contribution in [0.25, 0.3) is 0 Å². The van der Waals surface area contributed by atoms with Crippen LogP contribution in [0.5, 0.6) is 11.5 Å². The van der Waals surface area contributed by atoms with Crippen molar-refractivity contribution < 1.29 is 18.7 Å². The highest BCUT2D eigenvalue weighted by atomic mass is 35.5. The molecule has 1 fully saturated rings. The van der Waals surface area contributed by atoms with Crippen molar-refractivity contribution >= 4 is 35.0 Å². The first-order chi connectivity index (χ1) is 15.0. The Bertz CT molecular complexity index is 1100. The SMILES string of the molecule is COc1ccc(N2CSC3=C(C#N)C(c4c(F)cccc4Cl)CC(=O)N3C2)c(OC)c1. The molecular formula is C22H19ClFN3O3S. The lowest BCUT2D eigenvalue weighted by Crippen LogP contribution is -2.47. The number of hydrogen-bond donors (Lipinski definition) is 0. The number of allylic oxidation sites excluding steroid dienone is 1. The molecule has 0 bridgehead atoms. The van der Waals surface area contributed by atoms with E-state index in [0.717, 1.165) is 5.69 Å². The van der Waals surface area contributed by atoms with E-state index in [1.165, 1.54) is 23.9 Å². The number of ether oxygens (including phenoxy) is 2. The molecule has 0 spiro atoms. The second-order valence-electron chi connectivity index (χ2n) is 7.04. The molecule has 2 aliphatic heterocycles. The molecule has 0 aromatic heterocycles. The number of anilines is 1. The number of carbonyl (C=O) groups excluding carboxylic acids is 1. The van der Waals surface area contributed by atoms with Crippen LogP contribution in [0.1, 0.15) is 17.9 Å². The Morgan fingerprint density at radius 1 is 1.26 bits per heavy atom. The molecule has 2 aromatic carbocycles. The summed E-state index contributed by atoms with van der Waals surface area (Å²) in [5.74, 6) is 0.363. The minimum absolute atomic E-state index is 0.0266. The van der Waals surface area contributed by atoms with Crippen LogP contribution >= 0.6 is 23.4 Å². The number of carbonyl (C=O) groups is 1. The molecule has 0 aliphatic carbocycles. The first-order valence-corrected chi connectivity index (χ1v) is 10.8. The lowest BCUT2D eigenvalue weighted by molar-refractivity contribution is -0.129. The quantitative estimate of drug-likeness (QED) is 0.659. The van der Waals surface area contributed by atoms with Crippen LogP contribution in [-0.4, -0.2) is 37.6 Å². The molecule has 2 aliphatic rings. The van der Waals surface area contributed by atoms with Crippen molar-refractivity contribution in [1.29, 1.82) is 5.26 Å². The van der Waals surface area contributed by atoms with E-state index in [1.54, 1.807) is 31.3 Å². The zero-order chi connectivity index (χ0) is 22.1. The third-order valence-corrected chi connectivity index (χ3v) is 6.85. The molecule has 1 amide bonds. The normalized spacial score (nSPS) is 18.5. The second kappa shape index (κ2) is 8.69. The number of benzene rings is 2.